The van der Waals surface area contributed by atoms with Crippen molar-refractivity contribution in [3.63, 3.8) is 0 Å². The van der Waals surface area contributed by atoms with E-state index in [0.717, 1.165) is 18.4 Å². The van der Waals surface area contributed by atoms with Gasteiger partial charge in [0.1, 0.15) is 5.75 Å². The number of aromatic hydroxyl groups is 1. The Bertz CT molecular complexity index is 795. The third-order valence-corrected chi connectivity index (χ3v) is 5.66. The molecule has 33 heavy (non-hydrogen) atoms. The molecule has 0 aliphatic heterocycles. The summed E-state index contributed by atoms with van der Waals surface area (Å²) in [5.74, 6) is 2.40. The van der Waals surface area contributed by atoms with Crippen LogP contribution in [0.15, 0.2) is 18.2 Å². The van der Waals surface area contributed by atoms with E-state index in [2.05, 4.69) is 45.3 Å². The van der Waals surface area contributed by atoms with Crippen LogP contribution in [-0.4, -0.2) is 49.9 Å². The van der Waals surface area contributed by atoms with Crippen LogP contribution in [0.25, 0.3) is 0 Å². The van der Waals surface area contributed by atoms with Gasteiger partial charge in [0.25, 0.3) is 5.91 Å². The standard InChI is InChI=1S/C26H40N2O5/c1-7-24(30)27-11-13-33-15-14-32-12-10-25(31)28-22-18-21(8-9-23(22)29)17-19(2)16-20(3)26(4,5)6/h1,8-9,18-20,29H,10-17H2,2-6H3,(H,27,30)(H,28,31)/t19-,20?/m1/s1. The number of amides is 2. The fraction of sp³-hybridized carbons (Fsp3) is 0.615. The normalized spacial score (nSPS) is 13.1. The lowest BCUT2D eigenvalue weighted by Crippen LogP contribution is -2.26. The monoisotopic (exact) mass is 460 g/mol. The minimum absolute atomic E-state index is 0.0501. The van der Waals surface area contributed by atoms with Crippen molar-refractivity contribution in [2.75, 3.05) is 38.3 Å². The summed E-state index contributed by atoms with van der Waals surface area (Å²) >= 11 is 0. The number of rotatable bonds is 14. The first-order chi connectivity index (χ1) is 15.5. The van der Waals surface area contributed by atoms with Crippen LogP contribution in [0, 0.1) is 29.6 Å². The molecule has 0 spiro atoms. The Morgan fingerprint density at radius 3 is 2.42 bits per heavy atom. The number of phenolic OH excluding ortho intramolecular Hbond substituents is 1. The lowest BCUT2D eigenvalue weighted by atomic mass is 9.76. The van der Waals surface area contributed by atoms with Gasteiger partial charge in [0.05, 0.1) is 38.5 Å². The Morgan fingerprint density at radius 1 is 1.12 bits per heavy atom. The van der Waals surface area contributed by atoms with E-state index < -0.39 is 5.91 Å². The highest BCUT2D eigenvalue weighted by Crippen LogP contribution is 2.32. The van der Waals surface area contributed by atoms with Crippen LogP contribution in [0.5, 0.6) is 5.75 Å². The topological polar surface area (TPSA) is 96.9 Å². The maximum Gasteiger partial charge on any atom is 0.295 e. The van der Waals surface area contributed by atoms with Crippen LogP contribution >= 0.6 is 0 Å². The molecule has 3 N–H and O–H groups in total. The average molecular weight is 461 g/mol. The van der Waals surface area contributed by atoms with Gasteiger partial charge in [-0.2, -0.15) is 0 Å². The summed E-state index contributed by atoms with van der Waals surface area (Å²) < 4.78 is 10.7. The van der Waals surface area contributed by atoms with E-state index in [1.54, 1.807) is 6.07 Å². The molecule has 1 aromatic rings. The number of terminal acetylenes is 1. The summed E-state index contributed by atoms with van der Waals surface area (Å²) in [4.78, 5) is 23.1. The van der Waals surface area contributed by atoms with Gasteiger partial charge < -0.3 is 25.2 Å². The minimum Gasteiger partial charge on any atom is -0.506 e. The largest absolute Gasteiger partial charge is 0.506 e. The van der Waals surface area contributed by atoms with Crippen molar-refractivity contribution in [1.82, 2.24) is 5.32 Å². The van der Waals surface area contributed by atoms with Crippen LogP contribution < -0.4 is 10.6 Å². The van der Waals surface area contributed by atoms with Gasteiger partial charge in [0.15, 0.2) is 0 Å². The molecule has 0 saturated heterocycles. The molecule has 0 radical (unpaired) electrons. The zero-order valence-electron chi connectivity index (χ0n) is 20.7. The Kier molecular flexibility index (Phi) is 12.6. The van der Waals surface area contributed by atoms with Crippen LogP contribution in [-0.2, 0) is 25.5 Å². The SMILES string of the molecule is C#CC(=O)NCCOCCOCCC(=O)Nc1cc(C[C@H](C)CC(C)C(C)(C)C)ccc1O. The number of carbonyl (C=O) groups is 2. The van der Waals surface area contributed by atoms with Gasteiger partial charge in [-0.25, -0.2) is 0 Å². The Balaban J connectivity index is 2.33. The number of carbonyl (C=O) groups excluding carboxylic acids is 2. The lowest BCUT2D eigenvalue weighted by molar-refractivity contribution is -0.117. The molecule has 0 heterocycles. The number of ether oxygens (including phenoxy) is 2. The van der Waals surface area contributed by atoms with Gasteiger partial charge in [-0.15, -0.1) is 6.42 Å². The lowest BCUT2D eigenvalue weighted by Gasteiger charge is -2.29. The third-order valence-electron chi connectivity index (χ3n) is 5.66. The number of anilines is 1. The molecule has 0 aromatic heterocycles. The molecule has 1 rings (SSSR count). The quantitative estimate of drug-likeness (QED) is 0.223. The molecule has 1 aromatic carbocycles. The van der Waals surface area contributed by atoms with Crippen molar-refractivity contribution in [3.05, 3.63) is 23.8 Å². The fourth-order valence-electron chi connectivity index (χ4n) is 3.24. The van der Waals surface area contributed by atoms with Crippen LogP contribution in [0.3, 0.4) is 0 Å². The maximum absolute atomic E-state index is 12.2. The summed E-state index contributed by atoms with van der Waals surface area (Å²) in [6.07, 6.45) is 7.11. The molecule has 184 valence electrons. The van der Waals surface area contributed by atoms with Gasteiger partial charge in [-0.05, 0) is 53.7 Å². The molecule has 2 atom stereocenters. The molecule has 2 amide bonds. The second-order valence-corrected chi connectivity index (χ2v) is 9.59. The first-order valence-electron chi connectivity index (χ1n) is 11.5. The highest BCUT2D eigenvalue weighted by Gasteiger charge is 2.22. The fourth-order valence-corrected chi connectivity index (χ4v) is 3.24. The Morgan fingerprint density at radius 2 is 1.79 bits per heavy atom. The van der Waals surface area contributed by atoms with Crippen molar-refractivity contribution in [1.29, 1.82) is 0 Å². The summed E-state index contributed by atoms with van der Waals surface area (Å²) in [5.41, 5.74) is 1.78. The third kappa shape index (κ3) is 12.3. The molecule has 7 heteroatoms. The molecule has 0 saturated carbocycles. The van der Waals surface area contributed by atoms with E-state index >= 15 is 0 Å². The highest BCUT2D eigenvalue weighted by atomic mass is 16.5. The number of nitrogens with one attached hydrogen (secondary N) is 2. The number of hydrogen-bond donors (Lipinski definition) is 3. The highest BCUT2D eigenvalue weighted by molar-refractivity contribution is 5.93. The van der Waals surface area contributed by atoms with Crippen molar-refractivity contribution in [2.24, 2.45) is 17.3 Å². The molecule has 0 bridgehead atoms. The van der Waals surface area contributed by atoms with Crippen molar-refractivity contribution >= 4 is 17.5 Å². The van der Waals surface area contributed by atoms with E-state index in [1.807, 2.05) is 18.1 Å². The molecule has 0 aliphatic carbocycles. The Labute approximate surface area is 198 Å². The molecular formula is C26H40N2O5. The van der Waals surface area contributed by atoms with Crippen LogP contribution in [0.1, 0.15) is 53.0 Å². The van der Waals surface area contributed by atoms with E-state index in [-0.39, 0.29) is 30.1 Å². The summed E-state index contributed by atoms with van der Waals surface area (Å²) in [5, 5.41) is 15.4. The summed E-state index contributed by atoms with van der Waals surface area (Å²) in [6.45, 7) is 12.9. The Hall–Kier alpha value is -2.56. The second-order valence-electron chi connectivity index (χ2n) is 9.59. The number of phenols is 1. The number of hydrogen-bond acceptors (Lipinski definition) is 5. The van der Waals surface area contributed by atoms with E-state index in [9.17, 15) is 14.7 Å². The molecular weight excluding hydrogens is 420 g/mol. The average Bonchev–Trinajstić information content (AvgIpc) is 2.73. The smallest absolute Gasteiger partial charge is 0.295 e. The predicted octanol–water partition coefficient (Wildman–Crippen LogP) is 3.75. The summed E-state index contributed by atoms with van der Waals surface area (Å²) in [6, 6.07) is 5.38. The molecule has 0 fully saturated rings. The van der Waals surface area contributed by atoms with Gasteiger partial charge in [0.2, 0.25) is 5.91 Å². The van der Waals surface area contributed by atoms with Crippen LogP contribution in [0.4, 0.5) is 5.69 Å². The first-order valence-corrected chi connectivity index (χ1v) is 11.5. The van der Waals surface area contributed by atoms with Crippen molar-refractivity contribution < 1.29 is 24.2 Å². The zero-order valence-corrected chi connectivity index (χ0v) is 20.7. The molecule has 1 unspecified atom stereocenters. The van der Waals surface area contributed by atoms with Crippen LogP contribution in [0.2, 0.25) is 0 Å². The van der Waals surface area contributed by atoms with E-state index in [4.69, 9.17) is 15.9 Å². The van der Waals surface area contributed by atoms with Gasteiger partial charge in [-0.3, -0.25) is 9.59 Å². The summed E-state index contributed by atoms with van der Waals surface area (Å²) in [7, 11) is 0. The minimum atomic E-state index is -0.470. The van der Waals surface area contributed by atoms with Gasteiger partial charge in [-0.1, -0.05) is 40.7 Å². The van der Waals surface area contributed by atoms with E-state index in [0.29, 0.717) is 43.9 Å². The van der Waals surface area contributed by atoms with E-state index in [1.165, 1.54) is 0 Å². The van der Waals surface area contributed by atoms with Crippen molar-refractivity contribution in [2.45, 2.75) is 53.9 Å². The predicted molar refractivity (Wildman–Crippen MR) is 131 cm³/mol. The van der Waals surface area contributed by atoms with Crippen molar-refractivity contribution in [3.8, 4) is 18.1 Å². The number of benzene rings is 1. The van der Waals surface area contributed by atoms with Gasteiger partial charge >= 0.3 is 0 Å². The van der Waals surface area contributed by atoms with Gasteiger partial charge in [0, 0.05) is 6.54 Å². The molecule has 0 aliphatic rings. The second kappa shape index (κ2) is 14.6. The zero-order chi connectivity index (χ0) is 24.9. The molecule has 7 nitrogen and oxygen atoms in total. The first kappa shape index (κ1) is 28.5. The maximum atomic E-state index is 12.2.